The second-order valence-electron chi connectivity index (χ2n) is 4.01. The molecule has 0 fully saturated rings. The first-order chi connectivity index (χ1) is 8.67. The van der Waals surface area contributed by atoms with Crippen LogP contribution in [0.15, 0.2) is 30.3 Å². The normalized spacial score (nSPS) is 12.7. The second kappa shape index (κ2) is 5.83. The monoisotopic (exact) mass is 283 g/mol. The Hall–Kier alpha value is -0.900. The van der Waals surface area contributed by atoms with E-state index in [9.17, 15) is 4.39 Å². The van der Waals surface area contributed by atoms with Crippen molar-refractivity contribution < 1.29 is 4.39 Å². The summed E-state index contributed by atoms with van der Waals surface area (Å²) in [4.78, 5) is 2.37. The number of thiophene rings is 1. The maximum Gasteiger partial charge on any atom is 0.129 e. The Balaban J connectivity index is 2.45. The van der Waals surface area contributed by atoms with Crippen LogP contribution in [0, 0.1) is 5.82 Å². The molecule has 0 amide bonds. The molecule has 1 atom stereocenters. The Bertz CT molecular complexity index is 518. The van der Waals surface area contributed by atoms with E-state index >= 15 is 0 Å². The molecular formula is C14H15ClFNS. The van der Waals surface area contributed by atoms with Gasteiger partial charge in [-0.05, 0) is 37.7 Å². The van der Waals surface area contributed by atoms with E-state index in [2.05, 4.69) is 18.3 Å². The quantitative estimate of drug-likeness (QED) is 0.876. The Morgan fingerprint density at radius 2 is 2.11 bits per heavy atom. The summed E-state index contributed by atoms with van der Waals surface area (Å²) in [5.41, 5.74) is 0.520. The number of benzene rings is 1. The first-order valence-electron chi connectivity index (χ1n) is 5.87. The Kier molecular flexibility index (Phi) is 4.38. The van der Waals surface area contributed by atoms with Crippen LogP contribution in [0.4, 0.5) is 4.39 Å². The molecule has 0 aliphatic carbocycles. The van der Waals surface area contributed by atoms with Crippen molar-refractivity contribution in [2.75, 3.05) is 7.05 Å². The van der Waals surface area contributed by atoms with Crippen LogP contribution in [0.2, 0.25) is 5.02 Å². The van der Waals surface area contributed by atoms with E-state index in [0.29, 0.717) is 10.6 Å². The van der Waals surface area contributed by atoms with Crippen LogP contribution >= 0.6 is 22.9 Å². The zero-order valence-corrected chi connectivity index (χ0v) is 11.9. The lowest BCUT2D eigenvalue weighted by Crippen LogP contribution is -2.18. The zero-order chi connectivity index (χ0) is 13.1. The van der Waals surface area contributed by atoms with Crippen molar-refractivity contribution in [1.82, 2.24) is 5.32 Å². The van der Waals surface area contributed by atoms with E-state index in [1.165, 1.54) is 10.9 Å². The van der Waals surface area contributed by atoms with Crippen molar-refractivity contribution in [3.63, 3.8) is 0 Å². The van der Waals surface area contributed by atoms with Gasteiger partial charge in [-0.15, -0.1) is 11.3 Å². The lowest BCUT2D eigenvalue weighted by Gasteiger charge is -2.17. The van der Waals surface area contributed by atoms with E-state index < -0.39 is 0 Å². The van der Waals surface area contributed by atoms with Gasteiger partial charge in [-0.25, -0.2) is 4.39 Å². The molecule has 2 rings (SSSR count). The van der Waals surface area contributed by atoms with Gasteiger partial charge < -0.3 is 5.32 Å². The molecule has 0 radical (unpaired) electrons. The Labute approximate surface area is 116 Å². The number of aryl methyl sites for hydroxylation is 1. The molecule has 0 spiro atoms. The fraction of sp³-hybridized carbons (Fsp3) is 0.286. The third-order valence-corrected chi connectivity index (χ3v) is 4.52. The van der Waals surface area contributed by atoms with E-state index in [-0.39, 0.29) is 11.9 Å². The van der Waals surface area contributed by atoms with Crippen molar-refractivity contribution in [1.29, 1.82) is 0 Å². The van der Waals surface area contributed by atoms with Gasteiger partial charge in [-0.2, -0.15) is 0 Å². The lowest BCUT2D eigenvalue weighted by molar-refractivity contribution is 0.579. The molecule has 1 unspecified atom stereocenters. The van der Waals surface area contributed by atoms with Gasteiger partial charge in [0, 0.05) is 20.3 Å². The van der Waals surface area contributed by atoms with Crippen LogP contribution in [0.3, 0.4) is 0 Å². The van der Waals surface area contributed by atoms with Gasteiger partial charge in [-0.1, -0.05) is 24.6 Å². The maximum atomic E-state index is 13.9. The highest BCUT2D eigenvalue weighted by Gasteiger charge is 2.20. The summed E-state index contributed by atoms with van der Waals surface area (Å²) in [5, 5.41) is 3.60. The summed E-state index contributed by atoms with van der Waals surface area (Å²) < 4.78 is 13.9. The number of rotatable bonds is 4. The average Bonchev–Trinajstić information content (AvgIpc) is 2.82. The number of nitrogens with one attached hydrogen (secondary N) is 1. The van der Waals surface area contributed by atoms with E-state index in [4.69, 9.17) is 11.6 Å². The van der Waals surface area contributed by atoms with E-state index in [0.717, 1.165) is 11.3 Å². The van der Waals surface area contributed by atoms with E-state index in [1.807, 2.05) is 13.1 Å². The molecule has 1 heterocycles. The van der Waals surface area contributed by atoms with E-state index in [1.54, 1.807) is 23.5 Å². The molecule has 96 valence electrons. The summed E-state index contributed by atoms with van der Waals surface area (Å²) in [5.74, 6) is -0.270. The minimum Gasteiger partial charge on any atom is -0.309 e. The number of hydrogen-bond donors (Lipinski definition) is 1. The van der Waals surface area contributed by atoms with Crippen LogP contribution in [-0.4, -0.2) is 7.05 Å². The molecule has 1 nitrogen and oxygen atoms in total. The van der Waals surface area contributed by atoms with Crippen molar-refractivity contribution in [3.8, 4) is 0 Å². The molecule has 1 aromatic carbocycles. The maximum absolute atomic E-state index is 13.9. The zero-order valence-electron chi connectivity index (χ0n) is 10.3. The summed E-state index contributed by atoms with van der Waals surface area (Å²) in [6, 6.07) is 8.72. The minimum absolute atomic E-state index is 0.191. The SMILES string of the molecule is CCc1ccc(C(NC)c2c(F)cccc2Cl)s1. The molecule has 0 aliphatic heterocycles. The molecule has 0 saturated carbocycles. The van der Waals surface area contributed by atoms with Crippen molar-refractivity contribution in [3.05, 3.63) is 56.5 Å². The molecule has 4 heteroatoms. The first-order valence-corrected chi connectivity index (χ1v) is 7.06. The summed E-state index contributed by atoms with van der Waals surface area (Å²) >= 11 is 7.81. The largest absolute Gasteiger partial charge is 0.309 e. The minimum atomic E-state index is -0.270. The summed E-state index contributed by atoms with van der Waals surface area (Å²) in [7, 11) is 1.82. The van der Waals surface area contributed by atoms with Gasteiger partial charge in [0.25, 0.3) is 0 Å². The van der Waals surface area contributed by atoms with Crippen molar-refractivity contribution in [2.45, 2.75) is 19.4 Å². The number of halogens is 2. The molecule has 1 aromatic heterocycles. The molecule has 2 aromatic rings. The molecule has 18 heavy (non-hydrogen) atoms. The fourth-order valence-corrected chi connectivity index (χ4v) is 3.30. The van der Waals surface area contributed by atoms with Gasteiger partial charge in [0.15, 0.2) is 0 Å². The second-order valence-corrected chi connectivity index (χ2v) is 5.62. The van der Waals surface area contributed by atoms with Crippen LogP contribution in [-0.2, 0) is 6.42 Å². The first kappa shape index (κ1) is 13.5. The molecule has 0 saturated heterocycles. The molecule has 1 N–H and O–H groups in total. The van der Waals surface area contributed by atoms with Gasteiger partial charge in [0.2, 0.25) is 0 Å². The molecule has 0 bridgehead atoms. The highest BCUT2D eigenvalue weighted by Crippen LogP contribution is 2.33. The third-order valence-electron chi connectivity index (χ3n) is 2.89. The predicted molar refractivity (Wildman–Crippen MR) is 76.0 cm³/mol. The van der Waals surface area contributed by atoms with Gasteiger partial charge >= 0.3 is 0 Å². The Morgan fingerprint density at radius 3 is 2.67 bits per heavy atom. The van der Waals surface area contributed by atoms with Gasteiger partial charge in [-0.3, -0.25) is 0 Å². The van der Waals surface area contributed by atoms with Crippen molar-refractivity contribution in [2.24, 2.45) is 0 Å². The van der Waals surface area contributed by atoms with Crippen LogP contribution in [0.25, 0.3) is 0 Å². The van der Waals surface area contributed by atoms with Crippen LogP contribution < -0.4 is 5.32 Å². The Morgan fingerprint density at radius 1 is 1.33 bits per heavy atom. The smallest absolute Gasteiger partial charge is 0.129 e. The highest BCUT2D eigenvalue weighted by atomic mass is 35.5. The summed E-state index contributed by atoms with van der Waals surface area (Å²) in [6.45, 7) is 2.11. The predicted octanol–water partition coefficient (Wildman–Crippen LogP) is 4.41. The van der Waals surface area contributed by atoms with Crippen molar-refractivity contribution >= 4 is 22.9 Å². The van der Waals surface area contributed by atoms with Gasteiger partial charge in [0.05, 0.1) is 6.04 Å². The fourth-order valence-electron chi connectivity index (χ4n) is 1.96. The lowest BCUT2D eigenvalue weighted by atomic mass is 10.0. The van der Waals surface area contributed by atoms with Crippen LogP contribution in [0.1, 0.15) is 28.3 Å². The standard InChI is InChI=1S/C14H15ClFNS/c1-3-9-7-8-12(18-9)14(17-2)13-10(15)5-4-6-11(13)16/h4-8,14,17H,3H2,1-2H3. The summed E-state index contributed by atoms with van der Waals surface area (Å²) in [6.07, 6.45) is 0.992. The topological polar surface area (TPSA) is 12.0 Å². The van der Waals surface area contributed by atoms with Gasteiger partial charge in [0.1, 0.15) is 5.82 Å². The molecule has 0 aliphatic rings. The highest BCUT2D eigenvalue weighted by molar-refractivity contribution is 7.12. The molecular weight excluding hydrogens is 269 g/mol. The number of hydrogen-bond acceptors (Lipinski definition) is 2. The third kappa shape index (κ3) is 2.58. The van der Waals surface area contributed by atoms with Crippen LogP contribution in [0.5, 0.6) is 0 Å². The average molecular weight is 284 g/mol.